The number of unbranched alkanes of at least 4 members (excludes halogenated alkanes) is 2. The average molecular weight is 1120 g/mol. The number of hydrogen-bond donors (Lipinski definition) is 10. The minimum atomic E-state index is -1.09. The van der Waals surface area contributed by atoms with E-state index < -0.39 is 132 Å². The maximum absolute atomic E-state index is 14.6. The van der Waals surface area contributed by atoms with Crippen LogP contribution in [0, 0.1) is 23.7 Å². The van der Waals surface area contributed by atoms with Crippen LogP contribution in [0.15, 0.2) is 60.7 Å². The van der Waals surface area contributed by atoms with E-state index in [1.54, 1.807) is 27.7 Å². The largest absolute Gasteiger partial charge is 0.363 e. The first-order valence-corrected chi connectivity index (χ1v) is 29.4. The summed E-state index contributed by atoms with van der Waals surface area (Å²) < 4.78 is 13.0. The van der Waals surface area contributed by atoms with Crippen LogP contribution >= 0.6 is 0 Å². The van der Waals surface area contributed by atoms with Gasteiger partial charge in [0.2, 0.25) is 47.3 Å². The number of rotatable bonds is 18. The zero-order valence-corrected chi connectivity index (χ0v) is 48.6. The number of ether oxygens (including phenoxy) is 2. The van der Waals surface area contributed by atoms with Crippen molar-refractivity contribution in [2.24, 2.45) is 35.1 Å². The minimum absolute atomic E-state index is 0.0473. The molecular weight excluding hydrogens is 1020 g/mol. The highest BCUT2D eigenvalue weighted by Gasteiger charge is 2.42. The van der Waals surface area contributed by atoms with Gasteiger partial charge in [0, 0.05) is 0 Å². The first kappa shape index (κ1) is 64.9. The molecule has 20 heteroatoms. The van der Waals surface area contributed by atoms with Crippen molar-refractivity contribution in [1.29, 1.82) is 0 Å². The van der Waals surface area contributed by atoms with Crippen molar-refractivity contribution < 1.29 is 47.8 Å². The predicted molar refractivity (Wildman–Crippen MR) is 306 cm³/mol. The number of hydrogen-bond acceptors (Lipinski definition) is 12. The highest BCUT2D eigenvalue weighted by atomic mass is 16.5. The van der Waals surface area contributed by atoms with Crippen molar-refractivity contribution in [3.05, 3.63) is 71.8 Å². The van der Waals surface area contributed by atoms with Crippen LogP contribution < -0.4 is 54.0 Å². The summed E-state index contributed by atoms with van der Waals surface area (Å²) in [6.07, 6.45) is 1.76. The number of carbonyl (C=O) groups is 8. The molecule has 2 aromatic rings. The molecule has 444 valence electrons. The average Bonchev–Trinajstić information content (AvgIpc) is 4.13. The monoisotopic (exact) mass is 1110 g/mol. The zero-order chi connectivity index (χ0) is 58.5. The Balaban J connectivity index is 1.53. The topological polar surface area (TPSA) is 303 Å². The smallest absolute Gasteiger partial charge is 0.249 e. The van der Waals surface area contributed by atoms with Crippen LogP contribution in [0.5, 0.6) is 0 Å². The molecule has 0 saturated carbocycles. The molecule has 2 aromatic carbocycles. The molecule has 3 aliphatic rings. The van der Waals surface area contributed by atoms with Crippen LogP contribution in [0.3, 0.4) is 0 Å². The first-order chi connectivity index (χ1) is 38.2. The van der Waals surface area contributed by atoms with Gasteiger partial charge >= 0.3 is 0 Å². The highest BCUT2D eigenvalue weighted by Crippen LogP contribution is 2.27. The van der Waals surface area contributed by atoms with E-state index >= 15 is 0 Å². The van der Waals surface area contributed by atoms with E-state index in [1.165, 1.54) is 0 Å². The Labute approximate surface area is 474 Å². The third-order valence-electron chi connectivity index (χ3n) is 15.2. The molecule has 0 aliphatic carbocycles. The van der Waals surface area contributed by atoms with E-state index in [0.717, 1.165) is 11.1 Å². The Bertz CT molecular complexity index is 2160. The molecule has 4 bridgehead atoms. The molecule has 0 aromatic heterocycles. The lowest BCUT2D eigenvalue weighted by Crippen LogP contribution is -2.60. The molecule has 3 heterocycles. The summed E-state index contributed by atoms with van der Waals surface area (Å²) in [5.41, 5.74) is 13.5. The molecule has 5 rings (SSSR count). The first-order valence-electron chi connectivity index (χ1n) is 29.4. The quantitative estimate of drug-likeness (QED) is 0.0964. The third kappa shape index (κ3) is 20.2. The van der Waals surface area contributed by atoms with Crippen molar-refractivity contribution in [2.45, 2.75) is 218 Å². The summed E-state index contributed by atoms with van der Waals surface area (Å²) in [6, 6.07) is 11.3. The zero-order valence-electron chi connectivity index (χ0n) is 48.6. The fourth-order valence-electron chi connectivity index (χ4n) is 10.7. The Morgan fingerprint density at radius 3 is 1.07 bits per heavy atom. The van der Waals surface area contributed by atoms with Gasteiger partial charge in [-0.1, -0.05) is 116 Å². The Kier molecular flexibility index (Phi) is 26.3. The van der Waals surface area contributed by atoms with Gasteiger partial charge in [-0.3, -0.25) is 38.4 Å². The highest BCUT2D eigenvalue weighted by molar-refractivity contribution is 5.96. The van der Waals surface area contributed by atoms with Gasteiger partial charge in [0.25, 0.3) is 0 Å². The van der Waals surface area contributed by atoms with Gasteiger partial charge < -0.3 is 63.5 Å². The van der Waals surface area contributed by atoms with E-state index in [9.17, 15) is 38.4 Å². The molecule has 0 spiro atoms. The standard InChI is InChI=1S/C60H94N10O10/c1-35(2)31-45-55(73)65-43(33-39-19-11-9-12-20-39)47-25-27-49(79-47)57(75)70-52(38(7)8)60(78)64-42(24-16-18-30-62)54(72)68-46(32-36(3)4)56(74)66-44(34-40-21-13-10-14-22-40)48-26-28-50(80-48)58(76)69-51(37(5)6)59(77)63-41(53(71)67-45)23-15-17-29-61/h9-14,19-22,35-38,41-52H,15-18,23-34,61-62H2,1-8H3,(H,63,77)(H,64,78)(H,65,73)(H,66,74)(H,67,71)(H,68,72)(H,69,76)(H,70,75)/t41-,42-,43+,44+,45-,46-,47-,48-,49-,50-,51-,52-/m0/s1. The maximum atomic E-state index is 14.6. The number of benzene rings is 2. The van der Waals surface area contributed by atoms with Crippen molar-refractivity contribution in [2.75, 3.05) is 13.1 Å². The van der Waals surface area contributed by atoms with Crippen molar-refractivity contribution in [3.63, 3.8) is 0 Å². The van der Waals surface area contributed by atoms with Gasteiger partial charge in [0.05, 0.1) is 24.3 Å². The maximum Gasteiger partial charge on any atom is 0.249 e. The molecule has 0 unspecified atom stereocenters. The molecule has 12 atom stereocenters. The minimum Gasteiger partial charge on any atom is -0.363 e. The number of carbonyl (C=O) groups excluding carboxylic acids is 8. The summed E-state index contributed by atoms with van der Waals surface area (Å²) in [5.74, 6) is -5.28. The summed E-state index contributed by atoms with van der Waals surface area (Å²) in [5, 5.41) is 23.8. The molecule has 0 radical (unpaired) electrons. The van der Waals surface area contributed by atoms with Crippen molar-refractivity contribution in [1.82, 2.24) is 42.5 Å². The molecule has 20 nitrogen and oxygen atoms in total. The van der Waals surface area contributed by atoms with Crippen LogP contribution in [-0.4, -0.2) is 133 Å². The van der Waals surface area contributed by atoms with E-state index in [2.05, 4.69) is 42.5 Å². The van der Waals surface area contributed by atoms with Crippen molar-refractivity contribution >= 4 is 47.3 Å². The fourth-order valence-corrected chi connectivity index (χ4v) is 10.7. The van der Waals surface area contributed by atoms with Gasteiger partial charge in [-0.25, -0.2) is 0 Å². The van der Waals surface area contributed by atoms with Gasteiger partial charge in [-0.2, -0.15) is 0 Å². The van der Waals surface area contributed by atoms with Crippen LogP contribution in [0.1, 0.15) is 144 Å². The summed E-state index contributed by atoms with van der Waals surface area (Å²) in [6.45, 7) is 15.6. The lowest BCUT2D eigenvalue weighted by molar-refractivity contribution is -0.139. The van der Waals surface area contributed by atoms with Crippen LogP contribution in [0.4, 0.5) is 0 Å². The molecule has 12 N–H and O–H groups in total. The van der Waals surface area contributed by atoms with Crippen LogP contribution in [-0.2, 0) is 60.7 Å². The second-order valence-electron chi connectivity index (χ2n) is 23.6. The van der Waals surface area contributed by atoms with E-state index in [4.69, 9.17) is 20.9 Å². The normalized spacial score (nSPS) is 28.4. The lowest BCUT2D eigenvalue weighted by atomic mass is 9.97. The van der Waals surface area contributed by atoms with Gasteiger partial charge in [0.1, 0.15) is 48.5 Å². The fraction of sp³-hybridized carbons (Fsp3) is 0.667. The van der Waals surface area contributed by atoms with E-state index in [-0.39, 0.29) is 50.4 Å². The van der Waals surface area contributed by atoms with Crippen LogP contribution in [0.2, 0.25) is 0 Å². The van der Waals surface area contributed by atoms with Gasteiger partial charge in [0.15, 0.2) is 0 Å². The molecule has 3 fully saturated rings. The van der Waals surface area contributed by atoms with E-state index in [1.807, 2.05) is 88.4 Å². The van der Waals surface area contributed by atoms with E-state index in [0.29, 0.717) is 64.5 Å². The van der Waals surface area contributed by atoms with Gasteiger partial charge in [-0.05, 0) is 138 Å². The SMILES string of the molecule is CC(C)C[C@@H]1NC(=O)[C@H](CCCCN)NC(=O)[C@H](C(C)C)NC(=O)[C@@H]2CC[C@H](O2)[C@@H](Cc2ccccc2)NC(=O)[C@H](CC(C)C)NC(=O)[C@H](CCCCN)NC(=O)[C@H](C(C)C)NC(=O)[C@@H]2CC[C@H](O2)[C@@H](Cc2ccccc2)NC1=O. The molecule has 80 heavy (non-hydrogen) atoms. The second-order valence-corrected chi connectivity index (χ2v) is 23.6. The molecular formula is C60H94N10O10. The number of fused-ring (bicyclic) bond motifs is 4. The Morgan fingerprint density at radius 1 is 0.412 bits per heavy atom. The number of nitrogens with two attached hydrogens (primary N) is 2. The summed E-state index contributed by atoms with van der Waals surface area (Å²) in [4.78, 5) is 115. The molecule has 8 amide bonds. The summed E-state index contributed by atoms with van der Waals surface area (Å²) in [7, 11) is 0. The predicted octanol–water partition coefficient (Wildman–Crippen LogP) is 3.12. The second kappa shape index (κ2) is 32.5. The molecule has 3 aliphatic heterocycles. The Morgan fingerprint density at radius 2 is 0.750 bits per heavy atom. The molecule has 3 saturated heterocycles. The number of nitrogens with one attached hydrogen (secondary N) is 8. The van der Waals surface area contributed by atoms with Gasteiger partial charge in [-0.15, -0.1) is 0 Å². The van der Waals surface area contributed by atoms with Crippen LogP contribution in [0.25, 0.3) is 0 Å². The lowest BCUT2D eigenvalue weighted by Gasteiger charge is -2.31. The third-order valence-corrected chi connectivity index (χ3v) is 15.2. The summed E-state index contributed by atoms with van der Waals surface area (Å²) >= 11 is 0. The van der Waals surface area contributed by atoms with Crippen molar-refractivity contribution in [3.8, 4) is 0 Å². The Hall–Kier alpha value is -5.96. The number of amides is 8.